The summed E-state index contributed by atoms with van der Waals surface area (Å²) >= 11 is 2.95. The highest BCUT2D eigenvalue weighted by Crippen LogP contribution is 2.35. The first-order chi connectivity index (χ1) is 14.5. The lowest BCUT2D eigenvalue weighted by molar-refractivity contribution is -0.119. The molecule has 0 aliphatic carbocycles. The second-order valence-corrected chi connectivity index (χ2v) is 8.87. The van der Waals surface area contributed by atoms with Crippen LogP contribution in [0.1, 0.15) is 27.2 Å². The van der Waals surface area contributed by atoms with Gasteiger partial charge in [-0.2, -0.15) is 0 Å². The number of thiophene rings is 1. The summed E-state index contributed by atoms with van der Waals surface area (Å²) in [5.41, 5.74) is 2.29. The van der Waals surface area contributed by atoms with E-state index >= 15 is 0 Å². The summed E-state index contributed by atoms with van der Waals surface area (Å²) in [5.74, 6) is -0.345. The highest BCUT2D eigenvalue weighted by molar-refractivity contribution is 7.18. The number of hydrogen-bond donors (Lipinski definition) is 2. The van der Waals surface area contributed by atoms with Crippen LogP contribution in [0.15, 0.2) is 53.1 Å². The van der Waals surface area contributed by atoms with Crippen LogP contribution in [0.2, 0.25) is 0 Å². The van der Waals surface area contributed by atoms with E-state index in [1.807, 2.05) is 49.4 Å². The standard InChI is InChI=1S/C21H18N4O3S2/c1-12-19(18-9-8-15(30-18)11-22-13(2)26)23-21(29-12)24-20(27)17-10-16(25-28-17)14-6-4-3-5-7-14/h3-10H,11H2,1-2H3,(H,22,26)(H,23,24,27). The fourth-order valence-corrected chi connectivity index (χ4v) is 4.66. The van der Waals surface area contributed by atoms with E-state index in [2.05, 4.69) is 20.8 Å². The number of thiazole rings is 1. The van der Waals surface area contributed by atoms with Crippen LogP contribution in [0.5, 0.6) is 0 Å². The minimum absolute atomic E-state index is 0.0670. The molecule has 0 bridgehead atoms. The lowest BCUT2D eigenvalue weighted by Gasteiger charge is -1.97. The van der Waals surface area contributed by atoms with Crippen molar-refractivity contribution < 1.29 is 14.1 Å². The van der Waals surface area contributed by atoms with Gasteiger partial charge in [-0.25, -0.2) is 4.98 Å². The van der Waals surface area contributed by atoms with Crippen molar-refractivity contribution in [1.29, 1.82) is 0 Å². The molecule has 2 N–H and O–H groups in total. The van der Waals surface area contributed by atoms with E-state index in [4.69, 9.17) is 4.52 Å². The number of benzene rings is 1. The maximum absolute atomic E-state index is 12.6. The molecule has 0 saturated carbocycles. The van der Waals surface area contributed by atoms with E-state index < -0.39 is 5.91 Å². The van der Waals surface area contributed by atoms with Gasteiger partial charge in [0.2, 0.25) is 11.7 Å². The molecule has 1 aromatic carbocycles. The van der Waals surface area contributed by atoms with Crippen molar-refractivity contribution in [3.63, 3.8) is 0 Å². The fourth-order valence-electron chi connectivity index (χ4n) is 2.78. The minimum Gasteiger partial charge on any atom is -0.351 e. The Hall–Kier alpha value is -3.30. The largest absolute Gasteiger partial charge is 0.351 e. The molecule has 0 aliphatic rings. The van der Waals surface area contributed by atoms with Gasteiger partial charge in [0, 0.05) is 28.3 Å². The van der Waals surface area contributed by atoms with Gasteiger partial charge in [-0.1, -0.05) is 35.5 Å². The molecule has 3 heterocycles. The molecule has 9 heteroatoms. The Labute approximate surface area is 180 Å². The zero-order chi connectivity index (χ0) is 21.1. The van der Waals surface area contributed by atoms with Crippen molar-refractivity contribution in [3.8, 4) is 21.8 Å². The third kappa shape index (κ3) is 4.47. The van der Waals surface area contributed by atoms with E-state index in [0.717, 1.165) is 25.9 Å². The van der Waals surface area contributed by atoms with Crippen LogP contribution in [0.3, 0.4) is 0 Å². The number of amides is 2. The topological polar surface area (TPSA) is 97.1 Å². The van der Waals surface area contributed by atoms with Gasteiger partial charge >= 0.3 is 0 Å². The van der Waals surface area contributed by atoms with Crippen molar-refractivity contribution >= 4 is 39.6 Å². The van der Waals surface area contributed by atoms with Crippen LogP contribution in [0.4, 0.5) is 5.13 Å². The first-order valence-electron chi connectivity index (χ1n) is 9.14. The molecule has 4 rings (SSSR count). The number of carbonyl (C=O) groups is 2. The van der Waals surface area contributed by atoms with Gasteiger partial charge in [0.25, 0.3) is 5.91 Å². The van der Waals surface area contributed by atoms with E-state index in [1.54, 1.807) is 17.4 Å². The number of carbonyl (C=O) groups excluding carboxylic acids is 2. The van der Waals surface area contributed by atoms with E-state index in [0.29, 0.717) is 17.4 Å². The summed E-state index contributed by atoms with van der Waals surface area (Å²) in [7, 11) is 0. The normalized spacial score (nSPS) is 10.7. The minimum atomic E-state index is -0.400. The first-order valence-corrected chi connectivity index (χ1v) is 10.8. The molecule has 7 nitrogen and oxygen atoms in total. The molecule has 152 valence electrons. The smallest absolute Gasteiger partial charge is 0.296 e. The van der Waals surface area contributed by atoms with Crippen molar-refractivity contribution in [1.82, 2.24) is 15.5 Å². The molecule has 3 aromatic heterocycles. The lowest BCUT2D eigenvalue weighted by Crippen LogP contribution is -2.17. The maximum Gasteiger partial charge on any atom is 0.296 e. The lowest BCUT2D eigenvalue weighted by atomic mass is 10.1. The molecule has 0 unspecified atom stereocenters. The van der Waals surface area contributed by atoms with Crippen LogP contribution in [-0.4, -0.2) is 22.0 Å². The maximum atomic E-state index is 12.6. The number of anilines is 1. The van der Waals surface area contributed by atoms with Crippen LogP contribution in [-0.2, 0) is 11.3 Å². The third-order valence-corrected chi connectivity index (χ3v) is 6.21. The summed E-state index contributed by atoms with van der Waals surface area (Å²) < 4.78 is 5.21. The predicted octanol–water partition coefficient (Wildman–Crippen LogP) is 4.72. The summed E-state index contributed by atoms with van der Waals surface area (Å²) in [5, 5.41) is 10.0. The Balaban J connectivity index is 1.47. The SMILES string of the molecule is CC(=O)NCc1ccc(-c2nc(NC(=O)c3cc(-c4ccccc4)no3)sc2C)s1. The Morgan fingerprint density at radius 2 is 1.90 bits per heavy atom. The molecule has 4 aromatic rings. The number of aromatic nitrogens is 2. The van der Waals surface area contributed by atoms with Gasteiger partial charge in [0.05, 0.1) is 17.1 Å². The highest BCUT2D eigenvalue weighted by Gasteiger charge is 2.18. The Morgan fingerprint density at radius 1 is 1.10 bits per heavy atom. The third-order valence-electron chi connectivity index (χ3n) is 4.23. The number of nitrogens with zero attached hydrogens (tertiary/aromatic N) is 2. The summed E-state index contributed by atoms with van der Waals surface area (Å²) in [6.45, 7) is 3.94. The van der Waals surface area contributed by atoms with Crippen molar-refractivity contribution in [2.45, 2.75) is 20.4 Å². The van der Waals surface area contributed by atoms with Gasteiger partial charge in [0.1, 0.15) is 5.69 Å². The quantitative estimate of drug-likeness (QED) is 0.454. The van der Waals surface area contributed by atoms with Crippen LogP contribution >= 0.6 is 22.7 Å². The van der Waals surface area contributed by atoms with E-state index in [1.165, 1.54) is 18.3 Å². The van der Waals surface area contributed by atoms with Gasteiger partial charge in [0.15, 0.2) is 5.13 Å². The zero-order valence-electron chi connectivity index (χ0n) is 16.3. The van der Waals surface area contributed by atoms with Crippen molar-refractivity contribution in [2.75, 3.05) is 5.32 Å². The van der Waals surface area contributed by atoms with Gasteiger partial charge in [-0.15, -0.1) is 22.7 Å². The second-order valence-electron chi connectivity index (χ2n) is 6.50. The number of rotatable bonds is 6. The average molecular weight is 439 g/mol. The average Bonchev–Trinajstić information content (AvgIpc) is 3.47. The molecular weight excluding hydrogens is 420 g/mol. The monoisotopic (exact) mass is 438 g/mol. The van der Waals surface area contributed by atoms with Crippen LogP contribution in [0.25, 0.3) is 21.8 Å². The molecule has 30 heavy (non-hydrogen) atoms. The number of aryl methyl sites for hydroxylation is 1. The van der Waals surface area contributed by atoms with Crippen molar-refractivity contribution in [2.24, 2.45) is 0 Å². The Kier molecular flexibility index (Phi) is 5.73. The molecule has 0 aliphatic heterocycles. The molecule has 0 radical (unpaired) electrons. The van der Waals surface area contributed by atoms with Crippen molar-refractivity contribution in [3.05, 3.63) is 64.0 Å². The molecule has 0 spiro atoms. The highest BCUT2D eigenvalue weighted by atomic mass is 32.1. The molecule has 0 saturated heterocycles. The van der Waals surface area contributed by atoms with E-state index in [9.17, 15) is 9.59 Å². The number of nitrogens with one attached hydrogen (secondary N) is 2. The Bertz CT molecular complexity index is 1190. The Morgan fingerprint density at radius 3 is 2.67 bits per heavy atom. The fraction of sp³-hybridized carbons (Fsp3) is 0.143. The molecule has 2 amide bonds. The van der Waals surface area contributed by atoms with Gasteiger partial charge in [-0.05, 0) is 19.1 Å². The van der Waals surface area contributed by atoms with Gasteiger partial charge < -0.3 is 9.84 Å². The summed E-state index contributed by atoms with van der Waals surface area (Å²) in [6, 6.07) is 15.1. The first kappa shape index (κ1) is 20.0. The zero-order valence-corrected chi connectivity index (χ0v) is 17.9. The second kappa shape index (κ2) is 8.60. The molecule has 0 atom stereocenters. The molecular formula is C21H18N4O3S2. The molecule has 0 fully saturated rings. The van der Waals surface area contributed by atoms with Gasteiger partial charge in [-0.3, -0.25) is 14.9 Å². The van der Waals surface area contributed by atoms with E-state index in [-0.39, 0.29) is 11.7 Å². The number of hydrogen-bond acceptors (Lipinski definition) is 7. The van der Waals surface area contributed by atoms with Crippen LogP contribution in [0, 0.1) is 6.92 Å². The summed E-state index contributed by atoms with van der Waals surface area (Å²) in [4.78, 5) is 31.2. The predicted molar refractivity (Wildman–Crippen MR) is 118 cm³/mol. The summed E-state index contributed by atoms with van der Waals surface area (Å²) in [6.07, 6.45) is 0. The van der Waals surface area contributed by atoms with Crippen LogP contribution < -0.4 is 10.6 Å².